The molecule has 0 amide bonds. The Morgan fingerprint density at radius 2 is 2.00 bits per heavy atom. The van der Waals surface area contributed by atoms with Crippen molar-refractivity contribution in [3.05, 3.63) is 29.8 Å². The summed E-state index contributed by atoms with van der Waals surface area (Å²) in [5.41, 5.74) is 0.450. The van der Waals surface area contributed by atoms with Crippen LogP contribution in [0.25, 0.3) is 0 Å². The van der Waals surface area contributed by atoms with E-state index in [-0.39, 0.29) is 23.3 Å². The van der Waals surface area contributed by atoms with E-state index in [1.807, 2.05) is 6.07 Å². The molecule has 2 N–H and O–H groups in total. The highest BCUT2D eigenvalue weighted by molar-refractivity contribution is 7.89. The van der Waals surface area contributed by atoms with Gasteiger partial charge >= 0.3 is 0 Å². The first kappa shape index (κ1) is 14.9. The van der Waals surface area contributed by atoms with Crippen molar-refractivity contribution in [3.8, 4) is 6.07 Å². The number of nitrogens with one attached hydrogen (secondary N) is 2. The van der Waals surface area contributed by atoms with E-state index < -0.39 is 10.0 Å². The molecular formula is C11H14ClN3O2S. The minimum absolute atomic E-state index is 0. The largest absolute Gasteiger partial charge is 0.315 e. The molecule has 1 atom stereocenters. The number of nitrogens with zero attached hydrogens (tertiary/aromatic N) is 1. The number of rotatable bonds is 3. The van der Waals surface area contributed by atoms with Gasteiger partial charge in [-0.15, -0.1) is 12.4 Å². The Hall–Kier alpha value is -1.13. The van der Waals surface area contributed by atoms with Gasteiger partial charge in [0.1, 0.15) is 0 Å². The summed E-state index contributed by atoms with van der Waals surface area (Å²) in [4.78, 5) is 0.198. The zero-order chi connectivity index (χ0) is 12.3. The molecule has 0 aromatic heterocycles. The lowest BCUT2D eigenvalue weighted by atomic mass is 10.2. The fourth-order valence-electron chi connectivity index (χ4n) is 1.75. The Morgan fingerprint density at radius 3 is 2.50 bits per heavy atom. The molecule has 7 heteroatoms. The summed E-state index contributed by atoms with van der Waals surface area (Å²) in [6, 6.07) is 7.81. The average Bonchev–Trinajstić information content (AvgIpc) is 2.81. The first-order valence-corrected chi connectivity index (χ1v) is 6.83. The fourth-order valence-corrected chi connectivity index (χ4v) is 3.02. The minimum atomic E-state index is -3.47. The van der Waals surface area contributed by atoms with Crippen molar-refractivity contribution in [1.82, 2.24) is 10.0 Å². The van der Waals surface area contributed by atoms with E-state index in [9.17, 15) is 8.42 Å². The highest BCUT2D eigenvalue weighted by Crippen LogP contribution is 2.11. The normalized spacial score (nSPS) is 18.9. The molecule has 1 heterocycles. The average molecular weight is 288 g/mol. The van der Waals surface area contributed by atoms with Gasteiger partial charge in [0.15, 0.2) is 0 Å². The number of halogens is 1. The molecule has 0 aliphatic carbocycles. The fraction of sp³-hybridized carbons (Fsp3) is 0.364. The van der Waals surface area contributed by atoms with Gasteiger partial charge in [-0.2, -0.15) is 5.26 Å². The summed E-state index contributed by atoms with van der Waals surface area (Å²) in [7, 11) is -3.47. The third-order valence-electron chi connectivity index (χ3n) is 2.68. The highest BCUT2D eigenvalue weighted by atomic mass is 35.5. The standard InChI is InChI=1S/C11H13N3O2S.ClH/c12-7-9-1-3-11(4-2-9)17(15,16)14-10-5-6-13-8-10;/h1-4,10,13-14H,5-6,8H2;1H. The van der Waals surface area contributed by atoms with Crippen LogP contribution in [0.3, 0.4) is 0 Å². The summed E-state index contributed by atoms with van der Waals surface area (Å²) in [6.45, 7) is 1.50. The Labute approximate surface area is 113 Å². The maximum Gasteiger partial charge on any atom is 0.240 e. The lowest BCUT2D eigenvalue weighted by molar-refractivity contribution is 0.560. The lowest BCUT2D eigenvalue weighted by Gasteiger charge is -2.11. The molecule has 1 aromatic carbocycles. The highest BCUT2D eigenvalue weighted by Gasteiger charge is 2.22. The van der Waals surface area contributed by atoms with Crippen molar-refractivity contribution < 1.29 is 8.42 Å². The van der Waals surface area contributed by atoms with Crippen LogP contribution in [0.5, 0.6) is 0 Å². The quantitative estimate of drug-likeness (QED) is 0.854. The number of benzene rings is 1. The molecule has 1 unspecified atom stereocenters. The second-order valence-corrected chi connectivity index (χ2v) is 5.66. The summed E-state index contributed by atoms with van der Waals surface area (Å²) in [5, 5.41) is 11.7. The van der Waals surface area contributed by atoms with Crippen LogP contribution in [0.1, 0.15) is 12.0 Å². The molecule has 5 nitrogen and oxygen atoms in total. The summed E-state index contributed by atoms with van der Waals surface area (Å²) < 4.78 is 26.6. The van der Waals surface area contributed by atoms with Gasteiger partial charge in [0.05, 0.1) is 16.5 Å². The number of hydrogen-bond donors (Lipinski definition) is 2. The van der Waals surface area contributed by atoms with Gasteiger partial charge in [0.2, 0.25) is 10.0 Å². The molecule has 1 fully saturated rings. The Balaban J connectivity index is 0.00000162. The molecule has 0 saturated carbocycles. The van der Waals surface area contributed by atoms with Gasteiger partial charge in [-0.1, -0.05) is 0 Å². The van der Waals surface area contributed by atoms with Crippen LogP contribution in [-0.4, -0.2) is 27.5 Å². The minimum Gasteiger partial charge on any atom is -0.315 e. The topological polar surface area (TPSA) is 82.0 Å². The first-order valence-electron chi connectivity index (χ1n) is 5.35. The van der Waals surface area contributed by atoms with Crippen molar-refractivity contribution in [2.75, 3.05) is 13.1 Å². The van der Waals surface area contributed by atoms with E-state index in [0.717, 1.165) is 13.0 Å². The van der Waals surface area contributed by atoms with Crippen molar-refractivity contribution in [2.45, 2.75) is 17.4 Å². The number of nitriles is 1. The van der Waals surface area contributed by atoms with Gasteiger partial charge in [0.25, 0.3) is 0 Å². The molecule has 0 radical (unpaired) electrons. The summed E-state index contributed by atoms with van der Waals surface area (Å²) in [6.07, 6.45) is 0.801. The zero-order valence-corrected chi connectivity index (χ0v) is 11.2. The molecule has 18 heavy (non-hydrogen) atoms. The van der Waals surface area contributed by atoms with Gasteiger partial charge in [-0.05, 0) is 37.2 Å². The first-order chi connectivity index (χ1) is 8.12. The predicted octanol–water partition coefficient (Wildman–Crippen LogP) is 0.620. The van der Waals surface area contributed by atoms with E-state index >= 15 is 0 Å². The van der Waals surface area contributed by atoms with E-state index in [4.69, 9.17) is 5.26 Å². The molecule has 0 spiro atoms. The Morgan fingerprint density at radius 1 is 1.33 bits per heavy atom. The molecule has 1 aromatic rings. The smallest absolute Gasteiger partial charge is 0.240 e. The molecule has 1 aliphatic rings. The van der Waals surface area contributed by atoms with Crippen LogP contribution in [-0.2, 0) is 10.0 Å². The van der Waals surface area contributed by atoms with E-state index in [1.165, 1.54) is 24.3 Å². The molecule has 98 valence electrons. The lowest BCUT2D eigenvalue weighted by Crippen LogP contribution is -2.36. The van der Waals surface area contributed by atoms with Crippen LogP contribution in [0.15, 0.2) is 29.2 Å². The van der Waals surface area contributed by atoms with Crippen LogP contribution in [0.4, 0.5) is 0 Å². The van der Waals surface area contributed by atoms with E-state index in [0.29, 0.717) is 12.1 Å². The molecular weight excluding hydrogens is 274 g/mol. The maximum absolute atomic E-state index is 12.0. The van der Waals surface area contributed by atoms with Crippen molar-refractivity contribution >= 4 is 22.4 Å². The monoisotopic (exact) mass is 287 g/mol. The SMILES string of the molecule is Cl.N#Cc1ccc(S(=O)(=O)NC2CCNC2)cc1. The Kier molecular flexibility index (Phi) is 5.11. The van der Waals surface area contributed by atoms with Crippen LogP contribution >= 0.6 is 12.4 Å². The molecule has 0 bridgehead atoms. The van der Waals surface area contributed by atoms with Gasteiger partial charge in [-0.25, -0.2) is 13.1 Å². The third kappa shape index (κ3) is 3.43. The van der Waals surface area contributed by atoms with E-state index in [1.54, 1.807) is 0 Å². The second-order valence-electron chi connectivity index (χ2n) is 3.95. The van der Waals surface area contributed by atoms with Crippen molar-refractivity contribution in [1.29, 1.82) is 5.26 Å². The zero-order valence-electron chi connectivity index (χ0n) is 9.59. The summed E-state index contributed by atoms with van der Waals surface area (Å²) in [5.74, 6) is 0. The van der Waals surface area contributed by atoms with Crippen molar-refractivity contribution in [2.24, 2.45) is 0 Å². The van der Waals surface area contributed by atoms with Crippen molar-refractivity contribution in [3.63, 3.8) is 0 Å². The van der Waals surface area contributed by atoms with Crippen LogP contribution in [0.2, 0.25) is 0 Å². The summed E-state index contributed by atoms with van der Waals surface area (Å²) >= 11 is 0. The van der Waals surface area contributed by atoms with Gasteiger partial charge in [-0.3, -0.25) is 0 Å². The molecule has 2 rings (SSSR count). The van der Waals surface area contributed by atoms with Gasteiger partial charge < -0.3 is 5.32 Å². The second kappa shape index (κ2) is 6.16. The van der Waals surface area contributed by atoms with Gasteiger partial charge in [0, 0.05) is 12.6 Å². The van der Waals surface area contributed by atoms with Crippen LogP contribution in [0, 0.1) is 11.3 Å². The number of hydrogen-bond acceptors (Lipinski definition) is 4. The Bertz CT molecular complexity index is 530. The maximum atomic E-state index is 12.0. The molecule has 1 aliphatic heterocycles. The predicted molar refractivity (Wildman–Crippen MR) is 70.0 cm³/mol. The molecule has 1 saturated heterocycles. The van der Waals surface area contributed by atoms with Crippen LogP contribution < -0.4 is 10.0 Å². The third-order valence-corrected chi connectivity index (χ3v) is 4.21. The van der Waals surface area contributed by atoms with E-state index in [2.05, 4.69) is 10.0 Å². The number of sulfonamides is 1.